The number of thiophene rings is 1. The number of aliphatic hydroxyl groups excluding tert-OH is 1. The molecule has 1 aliphatic heterocycles. The van der Waals surface area contributed by atoms with E-state index in [-0.39, 0.29) is 6.61 Å². The fourth-order valence-corrected chi connectivity index (χ4v) is 4.42. The Morgan fingerprint density at radius 1 is 1.45 bits per heavy atom. The van der Waals surface area contributed by atoms with E-state index in [2.05, 4.69) is 32.7 Å². The third-order valence-electron chi connectivity index (χ3n) is 4.21. The number of aromatic nitrogens is 5. The fourth-order valence-electron chi connectivity index (χ4n) is 3.06. The van der Waals surface area contributed by atoms with E-state index in [0.717, 1.165) is 42.1 Å². The lowest BCUT2D eigenvalue weighted by Gasteiger charge is -2.22. The Labute approximate surface area is 130 Å². The van der Waals surface area contributed by atoms with Gasteiger partial charge in [0.1, 0.15) is 17.2 Å². The summed E-state index contributed by atoms with van der Waals surface area (Å²) in [4.78, 5) is 8.56. The number of nitrogens with one attached hydrogen (secondary N) is 2. The predicted octanol–water partition coefficient (Wildman–Crippen LogP) is -0.901. The van der Waals surface area contributed by atoms with E-state index in [4.69, 9.17) is 5.11 Å². The average Bonchev–Trinajstić information content (AvgIpc) is 3.15. The highest BCUT2D eigenvalue weighted by molar-refractivity contribution is 7.19. The summed E-state index contributed by atoms with van der Waals surface area (Å²) in [6.45, 7) is 6.09. The highest BCUT2D eigenvalue weighted by Crippen LogP contribution is 2.36. The lowest BCUT2D eigenvalue weighted by Crippen LogP contribution is -3.11. The monoisotopic (exact) mass is 320 g/mol. The largest absolute Gasteiger partial charge is 0.395 e. The van der Waals surface area contributed by atoms with E-state index in [1.54, 1.807) is 20.8 Å². The summed E-state index contributed by atoms with van der Waals surface area (Å²) in [6.07, 6.45) is 1.04. The molecule has 9 heteroatoms. The molecule has 0 bridgehead atoms. The molecule has 0 fully saturated rings. The summed E-state index contributed by atoms with van der Waals surface area (Å²) in [5.74, 6) is 1.27. The molecule has 1 atom stereocenters. The minimum Gasteiger partial charge on any atom is -0.395 e. The van der Waals surface area contributed by atoms with Crippen molar-refractivity contribution in [3.05, 3.63) is 10.4 Å². The number of tetrazole rings is 1. The first kappa shape index (κ1) is 13.8. The number of anilines is 1. The van der Waals surface area contributed by atoms with Crippen molar-refractivity contribution in [2.45, 2.75) is 19.9 Å². The molecule has 1 unspecified atom stereocenters. The van der Waals surface area contributed by atoms with Crippen LogP contribution in [0.25, 0.3) is 16.0 Å². The van der Waals surface area contributed by atoms with Crippen LogP contribution in [-0.4, -0.2) is 56.4 Å². The van der Waals surface area contributed by atoms with Gasteiger partial charge in [-0.15, -0.1) is 11.3 Å². The highest BCUT2D eigenvalue weighted by atomic mass is 32.1. The van der Waals surface area contributed by atoms with E-state index >= 15 is 0 Å². The SMILES string of the molecule is CC[NH+]1CCc2c(sc3c2c(NCCO)nc2nnnn23)C1. The van der Waals surface area contributed by atoms with Crippen LogP contribution in [0.4, 0.5) is 5.82 Å². The van der Waals surface area contributed by atoms with Gasteiger partial charge >= 0.3 is 0 Å². The van der Waals surface area contributed by atoms with Crippen molar-refractivity contribution in [3.8, 4) is 0 Å². The van der Waals surface area contributed by atoms with Crippen molar-refractivity contribution in [2.24, 2.45) is 0 Å². The van der Waals surface area contributed by atoms with Crippen molar-refractivity contribution < 1.29 is 10.0 Å². The van der Waals surface area contributed by atoms with Gasteiger partial charge < -0.3 is 15.3 Å². The molecule has 3 aromatic heterocycles. The zero-order valence-electron chi connectivity index (χ0n) is 12.3. The number of fused-ring (bicyclic) bond motifs is 5. The molecule has 3 N–H and O–H groups in total. The number of hydrogen-bond donors (Lipinski definition) is 3. The molecular weight excluding hydrogens is 302 g/mol. The van der Waals surface area contributed by atoms with Gasteiger partial charge in [0.15, 0.2) is 0 Å². The molecule has 0 saturated carbocycles. The van der Waals surface area contributed by atoms with Gasteiger partial charge in [-0.1, -0.05) is 5.10 Å². The molecule has 4 rings (SSSR count). The third kappa shape index (κ3) is 2.04. The molecule has 1 aliphatic rings. The second-order valence-corrected chi connectivity index (χ2v) is 6.55. The minimum atomic E-state index is 0.0688. The van der Waals surface area contributed by atoms with Gasteiger partial charge in [-0.05, 0) is 22.9 Å². The van der Waals surface area contributed by atoms with Gasteiger partial charge in [0, 0.05) is 13.0 Å². The highest BCUT2D eigenvalue weighted by Gasteiger charge is 2.26. The van der Waals surface area contributed by atoms with Gasteiger partial charge in [-0.25, -0.2) is 0 Å². The van der Waals surface area contributed by atoms with Crippen LogP contribution in [-0.2, 0) is 13.0 Å². The van der Waals surface area contributed by atoms with Gasteiger partial charge in [0.2, 0.25) is 0 Å². The number of quaternary nitrogens is 1. The molecule has 0 spiro atoms. The molecule has 0 radical (unpaired) electrons. The number of likely N-dealkylation sites (N-methyl/N-ethyl adjacent to an activating group) is 1. The third-order valence-corrected chi connectivity index (χ3v) is 5.42. The number of rotatable bonds is 4. The van der Waals surface area contributed by atoms with Crippen LogP contribution in [0.2, 0.25) is 0 Å². The summed E-state index contributed by atoms with van der Waals surface area (Å²) >= 11 is 1.76. The zero-order chi connectivity index (χ0) is 15.1. The Hall–Kier alpha value is -1.84. The van der Waals surface area contributed by atoms with Crippen molar-refractivity contribution in [3.63, 3.8) is 0 Å². The minimum absolute atomic E-state index is 0.0688. The Kier molecular flexibility index (Phi) is 3.40. The Morgan fingerprint density at radius 3 is 3.18 bits per heavy atom. The molecular formula is C13H18N7OS+. The summed E-state index contributed by atoms with van der Waals surface area (Å²) in [6, 6.07) is 0. The van der Waals surface area contributed by atoms with E-state index in [1.165, 1.54) is 10.4 Å². The smallest absolute Gasteiger partial charge is 0.276 e. The summed E-state index contributed by atoms with van der Waals surface area (Å²) in [5, 5.41) is 25.2. The number of aliphatic hydroxyl groups is 1. The average molecular weight is 320 g/mol. The first-order valence-corrected chi connectivity index (χ1v) is 8.34. The van der Waals surface area contributed by atoms with Gasteiger partial charge in [-0.2, -0.15) is 9.50 Å². The van der Waals surface area contributed by atoms with E-state index in [9.17, 15) is 0 Å². The summed E-state index contributed by atoms with van der Waals surface area (Å²) < 4.78 is 1.72. The molecule has 4 heterocycles. The quantitative estimate of drug-likeness (QED) is 0.577. The normalized spacial score (nSPS) is 18.0. The van der Waals surface area contributed by atoms with E-state index < -0.39 is 0 Å². The zero-order valence-corrected chi connectivity index (χ0v) is 13.2. The van der Waals surface area contributed by atoms with Crippen LogP contribution in [0.1, 0.15) is 17.4 Å². The molecule has 3 aromatic rings. The molecule has 0 aliphatic carbocycles. The van der Waals surface area contributed by atoms with E-state index in [0.29, 0.717) is 12.3 Å². The topological polar surface area (TPSA) is 92.7 Å². The fraction of sp³-hybridized carbons (Fsp3) is 0.538. The van der Waals surface area contributed by atoms with Crippen LogP contribution < -0.4 is 10.2 Å². The molecule has 0 amide bonds. The van der Waals surface area contributed by atoms with Crippen LogP contribution >= 0.6 is 11.3 Å². The molecule has 8 nitrogen and oxygen atoms in total. The van der Waals surface area contributed by atoms with Crippen molar-refractivity contribution in [1.82, 2.24) is 25.0 Å². The first-order valence-electron chi connectivity index (χ1n) is 7.52. The second kappa shape index (κ2) is 5.41. The van der Waals surface area contributed by atoms with Gasteiger partial charge in [-0.3, -0.25) is 0 Å². The van der Waals surface area contributed by atoms with Crippen LogP contribution in [0, 0.1) is 0 Å². The molecule has 22 heavy (non-hydrogen) atoms. The van der Waals surface area contributed by atoms with E-state index in [1.807, 2.05) is 0 Å². The van der Waals surface area contributed by atoms with Gasteiger partial charge in [0.05, 0.1) is 30.0 Å². The Morgan fingerprint density at radius 2 is 2.36 bits per heavy atom. The van der Waals surface area contributed by atoms with Crippen molar-refractivity contribution in [1.29, 1.82) is 0 Å². The summed E-state index contributed by atoms with van der Waals surface area (Å²) in [7, 11) is 0. The standard InChI is InChI=1S/C13H17N7OS/c1-2-19-5-3-8-9(7-19)22-12-10(8)11(14-4-6-21)15-13-16-17-18-20(12)13/h21H,2-7H2,1H3,(H,14,15,16,18)/p+1. The van der Waals surface area contributed by atoms with Gasteiger partial charge in [0.25, 0.3) is 5.78 Å². The summed E-state index contributed by atoms with van der Waals surface area (Å²) in [5.41, 5.74) is 1.36. The Bertz CT molecular complexity index is 827. The van der Waals surface area contributed by atoms with Crippen LogP contribution in [0.5, 0.6) is 0 Å². The van der Waals surface area contributed by atoms with Crippen molar-refractivity contribution in [2.75, 3.05) is 31.6 Å². The van der Waals surface area contributed by atoms with Crippen LogP contribution in [0.15, 0.2) is 0 Å². The first-order chi connectivity index (χ1) is 10.8. The maximum atomic E-state index is 9.09. The molecule has 116 valence electrons. The molecule has 0 aromatic carbocycles. The number of nitrogens with zero attached hydrogens (tertiary/aromatic N) is 5. The Balaban J connectivity index is 1.94. The number of hydrogen-bond acceptors (Lipinski definition) is 7. The maximum absolute atomic E-state index is 9.09. The maximum Gasteiger partial charge on any atom is 0.276 e. The molecule has 0 saturated heterocycles. The van der Waals surface area contributed by atoms with Crippen molar-refractivity contribution >= 4 is 33.1 Å². The van der Waals surface area contributed by atoms with Crippen LogP contribution in [0.3, 0.4) is 0 Å². The predicted molar refractivity (Wildman–Crippen MR) is 83.3 cm³/mol. The lowest BCUT2D eigenvalue weighted by molar-refractivity contribution is -0.913. The second-order valence-electron chi connectivity index (χ2n) is 5.47. The lowest BCUT2D eigenvalue weighted by atomic mass is 10.1.